The molecule has 0 aromatic heterocycles. The van der Waals surface area contributed by atoms with Gasteiger partial charge in [0, 0.05) is 16.1 Å². The van der Waals surface area contributed by atoms with Crippen LogP contribution in [0.2, 0.25) is 0 Å². The Balaban J connectivity index is 1.90. The van der Waals surface area contributed by atoms with Crippen LogP contribution in [0.4, 0.5) is 0 Å². The van der Waals surface area contributed by atoms with Crippen molar-refractivity contribution in [3.8, 4) is 0 Å². The third-order valence-electron chi connectivity index (χ3n) is 5.26. The van der Waals surface area contributed by atoms with E-state index in [4.69, 9.17) is 4.74 Å². The van der Waals surface area contributed by atoms with Gasteiger partial charge in [0.15, 0.2) is 0 Å². The summed E-state index contributed by atoms with van der Waals surface area (Å²) >= 11 is 3.81. The molecule has 1 aromatic rings. The summed E-state index contributed by atoms with van der Waals surface area (Å²) in [5.74, 6) is 1.64. The summed E-state index contributed by atoms with van der Waals surface area (Å²) in [5, 5.41) is 3.84. The van der Waals surface area contributed by atoms with Crippen LogP contribution >= 0.6 is 15.9 Å². The van der Waals surface area contributed by atoms with E-state index < -0.39 is 0 Å². The van der Waals surface area contributed by atoms with Crippen molar-refractivity contribution in [3.05, 3.63) is 68.9 Å². The molecule has 1 heterocycles. The molecule has 23 heavy (non-hydrogen) atoms. The van der Waals surface area contributed by atoms with Crippen molar-refractivity contribution in [1.82, 2.24) is 5.32 Å². The third-order valence-corrected chi connectivity index (χ3v) is 6.05. The number of benzene rings is 1. The van der Waals surface area contributed by atoms with E-state index >= 15 is 0 Å². The van der Waals surface area contributed by atoms with Crippen LogP contribution in [-0.4, -0.2) is 13.2 Å². The van der Waals surface area contributed by atoms with E-state index in [1.165, 1.54) is 39.6 Å². The monoisotopic (exact) mass is 371 g/mol. The van der Waals surface area contributed by atoms with Gasteiger partial charge in [-0.15, -0.1) is 0 Å². The number of halogens is 1. The zero-order chi connectivity index (χ0) is 16.0. The van der Waals surface area contributed by atoms with E-state index in [1.54, 1.807) is 7.11 Å². The van der Waals surface area contributed by atoms with Crippen molar-refractivity contribution in [1.29, 1.82) is 0 Å². The Morgan fingerprint density at radius 3 is 2.74 bits per heavy atom. The molecule has 0 spiro atoms. The largest absolute Gasteiger partial charge is 0.496 e. The first-order chi connectivity index (χ1) is 11.2. The van der Waals surface area contributed by atoms with Crippen LogP contribution in [0.5, 0.6) is 0 Å². The highest BCUT2D eigenvalue weighted by Gasteiger charge is 2.39. The smallest absolute Gasteiger partial charge is 0.127 e. The van der Waals surface area contributed by atoms with Gasteiger partial charge in [-0.1, -0.05) is 46.3 Å². The van der Waals surface area contributed by atoms with Crippen LogP contribution in [0.1, 0.15) is 37.8 Å². The molecule has 0 amide bonds. The minimum absolute atomic E-state index is 0.243. The fourth-order valence-corrected chi connectivity index (χ4v) is 4.92. The lowest BCUT2D eigenvalue weighted by Crippen LogP contribution is -2.30. The van der Waals surface area contributed by atoms with Gasteiger partial charge in [-0.3, -0.25) is 0 Å². The summed E-state index contributed by atoms with van der Waals surface area (Å²) in [5.41, 5.74) is 5.55. The van der Waals surface area contributed by atoms with Gasteiger partial charge in [-0.2, -0.15) is 0 Å². The standard InChI is InChI=1S/C20H22BrNO/c1-12-10-14-8-9-16(21)19-17(23-2)11-15(18(14)19)20(22-12)13-6-4-3-5-7-13/h3-7,11-12,14,20,22H,8-10H2,1-2H3/t12-,14?,20-/m1/s1. The van der Waals surface area contributed by atoms with E-state index in [0.717, 1.165) is 12.2 Å². The van der Waals surface area contributed by atoms with Gasteiger partial charge in [0.25, 0.3) is 0 Å². The number of ether oxygens (including phenoxy) is 1. The van der Waals surface area contributed by atoms with Crippen LogP contribution in [-0.2, 0) is 4.74 Å². The average Bonchev–Trinajstić information content (AvgIpc) is 2.90. The van der Waals surface area contributed by atoms with E-state index in [2.05, 4.69) is 64.6 Å². The van der Waals surface area contributed by atoms with Crippen LogP contribution in [0, 0.1) is 5.92 Å². The van der Waals surface area contributed by atoms with Gasteiger partial charge in [-0.05, 0) is 54.9 Å². The zero-order valence-electron chi connectivity index (χ0n) is 13.6. The molecule has 3 atom stereocenters. The normalized spacial score (nSPS) is 30.0. The molecule has 1 aliphatic heterocycles. The second kappa shape index (κ2) is 5.95. The predicted octanol–water partition coefficient (Wildman–Crippen LogP) is 5.01. The summed E-state index contributed by atoms with van der Waals surface area (Å²) in [6, 6.07) is 11.5. The Hall–Kier alpha value is -1.32. The molecule has 0 saturated carbocycles. The molecule has 0 radical (unpaired) electrons. The fourth-order valence-electron chi connectivity index (χ4n) is 4.28. The molecule has 4 rings (SSSR count). The number of nitrogens with one attached hydrogen (secondary N) is 1. The number of methoxy groups -OCH3 is 1. The SMILES string of the molecule is COC1=CC2=C3C1=C(Br)CCC3C[C@@H](C)N[C@@H]2c1ccccc1. The Morgan fingerprint density at radius 1 is 1.22 bits per heavy atom. The average molecular weight is 372 g/mol. The lowest BCUT2D eigenvalue weighted by atomic mass is 9.80. The number of hydrogen-bond donors (Lipinski definition) is 1. The summed E-state index contributed by atoms with van der Waals surface area (Å²) in [6.45, 7) is 2.31. The summed E-state index contributed by atoms with van der Waals surface area (Å²) in [6.07, 6.45) is 5.78. The van der Waals surface area contributed by atoms with Crippen molar-refractivity contribution in [3.63, 3.8) is 0 Å². The fraction of sp³-hybridized carbons (Fsp3) is 0.400. The van der Waals surface area contributed by atoms with E-state index in [0.29, 0.717) is 12.0 Å². The van der Waals surface area contributed by atoms with E-state index in [9.17, 15) is 0 Å². The molecule has 1 unspecified atom stereocenters. The number of hydrogen-bond acceptors (Lipinski definition) is 2. The quantitative estimate of drug-likeness (QED) is 0.788. The van der Waals surface area contributed by atoms with Gasteiger partial charge in [0.1, 0.15) is 5.76 Å². The molecule has 2 nitrogen and oxygen atoms in total. The molecule has 2 aliphatic carbocycles. The third kappa shape index (κ3) is 2.50. The highest BCUT2D eigenvalue weighted by atomic mass is 79.9. The van der Waals surface area contributed by atoms with Gasteiger partial charge in [-0.25, -0.2) is 0 Å². The van der Waals surface area contributed by atoms with Gasteiger partial charge in [0.2, 0.25) is 0 Å². The first-order valence-electron chi connectivity index (χ1n) is 8.39. The Kier molecular flexibility index (Phi) is 3.94. The lowest BCUT2D eigenvalue weighted by Gasteiger charge is -2.27. The first kappa shape index (κ1) is 15.2. The topological polar surface area (TPSA) is 21.3 Å². The second-order valence-corrected chi connectivity index (χ2v) is 7.70. The molecule has 0 saturated heterocycles. The predicted molar refractivity (Wildman–Crippen MR) is 97.2 cm³/mol. The maximum atomic E-state index is 5.71. The van der Waals surface area contributed by atoms with Crippen LogP contribution in [0.25, 0.3) is 0 Å². The van der Waals surface area contributed by atoms with E-state index in [-0.39, 0.29) is 6.04 Å². The summed E-state index contributed by atoms with van der Waals surface area (Å²) in [4.78, 5) is 0. The molecule has 0 bridgehead atoms. The molecule has 1 N–H and O–H groups in total. The van der Waals surface area contributed by atoms with Gasteiger partial charge in [0.05, 0.1) is 13.2 Å². The molecule has 3 aliphatic rings. The molecular weight excluding hydrogens is 350 g/mol. The summed E-state index contributed by atoms with van der Waals surface area (Å²) in [7, 11) is 1.78. The first-order valence-corrected chi connectivity index (χ1v) is 9.18. The second-order valence-electron chi connectivity index (χ2n) is 6.74. The highest BCUT2D eigenvalue weighted by Crippen LogP contribution is 2.51. The van der Waals surface area contributed by atoms with Crippen LogP contribution in [0.15, 0.2) is 63.4 Å². The van der Waals surface area contributed by atoms with Gasteiger partial charge >= 0.3 is 0 Å². The molecule has 0 fully saturated rings. The maximum Gasteiger partial charge on any atom is 0.127 e. The number of allylic oxidation sites excluding steroid dienone is 2. The van der Waals surface area contributed by atoms with Gasteiger partial charge < -0.3 is 10.1 Å². The van der Waals surface area contributed by atoms with Crippen LogP contribution in [0.3, 0.4) is 0 Å². The van der Waals surface area contributed by atoms with Crippen molar-refractivity contribution in [2.24, 2.45) is 5.92 Å². The highest BCUT2D eigenvalue weighted by molar-refractivity contribution is 9.11. The lowest BCUT2D eigenvalue weighted by molar-refractivity contribution is 0.299. The van der Waals surface area contributed by atoms with Crippen molar-refractivity contribution in [2.75, 3.05) is 7.11 Å². The minimum Gasteiger partial charge on any atom is -0.496 e. The number of rotatable bonds is 2. The molecule has 120 valence electrons. The van der Waals surface area contributed by atoms with Crippen molar-refractivity contribution in [2.45, 2.75) is 38.3 Å². The zero-order valence-corrected chi connectivity index (χ0v) is 15.2. The molecule has 1 aromatic carbocycles. The van der Waals surface area contributed by atoms with Crippen molar-refractivity contribution >= 4 is 15.9 Å². The Bertz CT molecular complexity index is 716. The van der Waals surface area contributed by atoms with Crippen LogP contribution < -0.4 is 5.32 Å². The molecule has 3 heteroatoms. The Labute approximate surface area is 146 Å². The maximum absolute atomic E-state index is 5.71. The summed E-state index contributed by atoms with van der Waals surface area (Å²) < 4.78 is 7.01. The van der Waals surface area contributed by atoms with E-state index in [1.807, 2.05) is 0 Å². The van der Waals surface area contributed by atoms with Crippen molar-refractivity contribution < 1.29 is 4.74 Å². The Morgan fingerprint density at radius 2 is 2.00 bits per heavy atom. The molecular formula is C20H22BrNO. The minimum atomic E-state index is 0.243.